The summed E-state index contributed by atoms with van der Waals surface area (Å²) in [6.45, 7) is 2.75. The summed E-state index contributed by atoms with van der Waals surface area (Å²) in [5.41, 5.74) is 8.04. The maximum absolute atomic E-state index is 5.98. The number of benzene rings is 2. The number of rotatable bonds is 5. The molecule has 0 aliphatic heterocycles. The quantitative estimate of drug-likeness (QED) is 0.891. The van der Waals surface area contributed by atoms with Crippen molar-refractivity contribution in [2.24, 2.45) is 5.73 Å². The minimum Gasteiger partial charge on any atom is -0.457 e. The van der Waals surface area contributed by atoms with E-state index in [2.05, 4.69) is 41.1 Å². The van der Waals surface area contributed by atoms with Crippen molar-refractivity contribution in [2.75, 3.05) is 6.54 Å². The second-order valence-electron chi connectivity index (χ2n) is 4.39. The van der Waals surface area contributed by atoms with E-state index in [0.717, 1.165) is 34.4 Å². The Kier molecular flexibility index (Phi) is 5.00. The predicted octanol–water partition coefficient (Wildman–Crippen LogP) is 4.31. The summed E-state index contributed by atoms with van der Waals surface area (Å²) in [5.74, 6) is 1.75. The Hall–Kier alpha value is -1.32. The minimum atomic E-state index is 0.613. The molecule has 0 aliphatic carbocycles. The molecule has 100 valence electrons. The summed E-state index contributed by atoms with van der Waals surface area (Å²) < 4.78 is 7.03. The predicted molar refractivity (Wildman–Crippen MR) is 82.8 cm³/mol. The Bertz CT molecular complexity index is 554. The van der Waals surface area contributed by atoms with Crippen molar-refractivity contribution in [3.63, 3.8) is 0 Å². The van der Waals surface area contributed by atoms with Crippen LogP contribution in [0.4, 0.5) is 0 Å². The molecular formula is C16H18BrNO. The topological polar surface area (TPSA) is 35.2 Å². The molecule has 2 nitrogen and oxygen atoms in total. The van der Waals surface area contributed by atoms with Crippen LogP contribution >= 0.6 is 15.9 Å². The Morgan fingerprint density at radius 3 is 2.74 bits per heavy atom. The first-order chi connectivity index (χ1) is 9.22. The van der Waals surface area contributed by atoms with Gasteiger partial charge < -0.3 is 10.5 Å². The molecule has 0 aliphatic rings. The van der Waals surface area contributed by atoms with Crippen LogP contribution in [0.1, 0.15) is 18.1 Å². The Morgan fingerprint density at radius 2 is 2.00 bits per heavy atom. The van der Waals surface area contributed by atoms with Crippen LogP contribution < -0.4 is 10.5 Å². The highest BCUT2D eigenvalue weighted by Gasteiger charge is 2.06. The number of nitrogens with two attached hydrogens (primary N) is 1. The zero-order valence-corrected chi connectivity index (χ0v) is 12.6. The molecule has 0 radical (unpaired) electrons. The molecule has 0 heterocycles. The second kappa shape index (κ2) is 6.73. The molecule has 3 heteroatoms. The van der Waals surface area contributed by atoms with Crippen LogP contribution in [0, 0.1) is 0 Å². The molecule has 0 fully saturated rings. The largest absolute Gasteiger partial charge is 0.457 e. The van der Waals surface area contributed by atoms with E-state index in [-0.39, 0.29) is 0 Å². The van der Waals surface area contributed by atoms with Crippen molar-refractivity contribution in [3.05, 3.63) is 58.1 Å². The van der Waals surface area contributed by atoms with E-state index < -0.39 is 0 Å². The van der Waals surface area contributed by atoms with Gasteiger partial charge in [-0.15, -0.1) is 0 Å². The summed E-state index contributed by atoms with van der Waals surface area (Å²) in [5, 5.41) is 0. The highest BCUT2D eigenvalue weighted by Crippen LogP contribution is 2.28. The van der Waals surface area contributed by atoms with E-state index in [1.165, 1.54) is 5.56 Å². The lowest BCUT2D eigenvalue weighted by atomic mass is 10.1. The first kappa shape index (κ1) is 14.1. The number of hydrogen-bond donors (Lipinski definition) is 1. The van der Waals surface area contributed by atoms with Gasteiger partial charge in [-0.1, -0.05) is 35.0 Å². The highest BCUT2D eigenvalue weighted by atomic mass is 79.9. The molecule has 2 aromatic carbocycles. The van der Waals surface area contributed by atoms with E-state index in [0.29, 0.717) is 6.54 Å². The van der Waals surface area contributed by atoms with Crippen LogP contribution in [0.25, 0.3) is 0 Å². The fraction of sp³-hybridized carbons (Fsp3) is 0.250. The van der Waals surface area contributed by atoms with Crippen molar-refractivity contribution in [3.8, 4) is 11.5 Å². The van der Waals surface area contributed by atoms with Gasteiger partial charge in [-0.2, -0.15) is 0 Å². The van der Waals surface area contributed by atoms with Gasteiger partial charge in [-0.05, 0) is 60.8 Å². The molecule has 0 aromatic heterocycles. The third kappa shape index (κ3) is 3.82. The Morgan fingerprint density at radius 1 is 1.16 bits per heavy atom. The maximum atomic E-state index is 5.98. The molecule has 2 rings (SSSR count). The van der Waals surface area contributed by atoms with Gasteiger partial charge in [-0.25, -0.2) is 0 Å². The molecule has 0 saturated heterocycles. The molecule has 0 bridgehead atoms. The average Bonchev–Trinajstić information content (AvgIpc) is 2.42. The van der Waals surface area contributed by atoms with Crippen LogP contribution in [-0.2, 0) is 12.8 Å². The van der Waals surface area contributed by atoms with E-state index in [1.54, 1.807) is 0 Å². The summed E-state index contributed by atoms with van der Waals surface area (Å²) >= 11 is 3.48. The monoisotopic (exact) mass is 319 g/mol. The van der Waals surface area contributed by atoms with Gasteiger partial charge in [0.15, 0.2) is 0 Å². The zero-order valence-electron chi connectivity index (χ0n) is 11.0. The van der Waals surface area contributed by atoms with Crippen molar-refractivity contribution >= 4 is 15.9 Å². The first-order valence-corrected chi connectivity index (χ1v) is 7.27. The summed E-state index contributed by atoms with van der Waals surface area (Å²) in [6, 6.07) is 14.2. The second-order valence-corrected chi connectivity index (χ2v) is 5.31. The summed E-state index contributed by atoms with van der Waals surface area (Å²) in [4.78, 5) is 0. The van der Waals surface area contributed by atoms with Crippen LogP contribution in [0.3, 0.4) is 0 Å². The maximum Gasteiger partial charge on any atom is 0.130 e. The number of ether oxygens (including phenoxy) is 1. The van der Waals surface area contributed by atoms with Gasteiger partial charge in [0.25, 0.3) is 0 Å². The lowest BCUT2D eigenvalue weighted by Crippen LogP contribution is -2.04. The van der Waals surface area contributed by atoms with Gasteiger partial charge >= 0.3 is 0 Å². The van der Waals surface area contributed by atoms with Crippen LogP contribution in [0.15, 0.2) is 46.9 Å². The highest BCUT2D eigenvalue weighted by molar-refractivity contribution is 9.10. The number of aryl methyl sites for hydroxylation is 1. The molecule has 2 N–H and O–H groups in total. The van der Waals surface area contributed by atoms with Gasteiger partial charge in [0.2, 0.25) is 0 Å². The molecule has 19 heavy (non-hydrogen) atoms. The number of halogens is 1. The van der Waals surface area contributed by atoms with Crippen molar-refractivity contribution in [2.45, 2.75) is 19.8 Å². The Balaban J connectivity index is 2.26. The third-order valence-electron chi connectivity index (χ3n) is 2.97. The average molecular weight is 320 g/mol. The van der Waals surface area contributed by atoms with Crippen LogP contribution in [-0.4, -0.2) is 6.54 Å². The molecule has 0 unspecified atom stereocenters. The summed E-state index contributed by atoms with van der Waals surface area (Å²) in [7, 11) is 0. The lowest BCUT2D eigenvalue weighted by molar-refractivity contribution is 0.475. The minimum absolute atomic E-state index is 0.613. The summed E-state index contributed by atoms with van der Waals surface area (Å²) in [6.07, 6.45) is 1.81. The van der Waals surface area contributed by atoms with E-state index in [1.807, 2.05) is 24.3 Å². The fourth-order valence-electron chi connectivity index (χ4n) is 1.95. The molecular weight excluding hydrogens is 302 g/mol. The van der Waals surface area contributed by atoms with Gasteiger partial charge in [0, 0.05) is 4.47 Å². The van der Waals surface area contributed by atoms with Crippen LogP contribution in [0.5, 0.6) is 11.5 Å². The van der Waals surface area contributed by atoms with Gasteiger partial charge in [-0.3, -0.25) is 0 Å². The van der Waals surface area contributed by atoms with Crippen LogP contribution in [0.2, 0.25) is 0 Å². The number of hydrogen-bond acceptors (Lipinski definition) is 2. The molecule has 0 amide bonds. The first-order valence-electron chi connectivity index (χ1n) is 6.48. The zero-order chi connectivity index (χ0) is 13.7. The van der Waals surface area contributed by atoms with E-state index >= 15 is 0 Å². The molecule has 2 aromatic rings. The third-order valence-corrected chi connectivity index (χ3v) is 3.46. The fourth-order valence-corrected chi connectivity index (χ4v) is 2.36. The SMILES string of the molecule is CCc1cccc(Oc2ccc(Br)cc2CCN)c1. The van der Waals surface area contributed by atoms with Gasteiger partial charge in [0.1, 0.15) is 11.5 Å². The van der Waals surface area contributed by atoms with E-state index in [4.69, 9.17) is 10.5 Å². The normalized spacial score (nSPS) is 10.5. The van der Waals surface area contributed by atoms with Crippen molar-refractivity contribution < 1.29 is 4.74 Å². The van der Waals surface area contributed by atoms with E-state index in [9.17, 15) is 0 Å². The smallest absolute Gasteiger partial charge is 0.130 e. The molecule has 0 spiro atoms. The standard InChI is InChI=1S/C16H18BrNO/c1-2-12-4-3-5-15(10-12)19-16-7-6-14(17)11-13(16)8-9-18/h3-7,10-11H,2,8-9,18H2,1H3. The van der Waals surface area contributed by atoms with Crippen molar-refractivity contribution in [1.29, 1.82) is 0 Å². The van der Waals surface area contributed by atoms with Crippen molar-refractivity contribution in [1.82, 2.24) is 0 Å². The molecule has 0 saturated carbocycles. The van der Waals surface area contributed by atoms with Gasteiger partial charge in [0.05, 0.1) is 0 Å². The molecule has 0 atom stereocenters. The lowest BCUT2D eigenvalue weighted by Gasteiger charge is -2.12. The Labute approximate surface area is 122 Å².